The molecule has 0 radical (unpaired) electrons. The molecular weight excluding hydrogens is 324 g/mol. The summed E-state index contributed by atoms with van der Waals surface area (Å²) in [7, 11) is 0. The van der Waals surface area contributed by atoms with Gasteiger partial charge in [-0.2, -0.15) is 0 Å². The molecule has 1 aromatic heterocycles. The number of carbonyl (C=O) groups is 1. The lowest BCUT2D eigenvalue weighted by Gasteiger charge is -2.13. The second kappa shape index (κ2) is 9.70. The topological polar surface area (TPSA) is 66.9 Å². The minimum Gasteiger partial charge on any atom is -0.370 e. The average molecular weight is 350 g/mol. The summed E-state index contributed by atoms with van der Waals surface area (Å²) in [4.78, 5) is 20.6. The Morgan fingerprint density at radius 2 is 1.92 bits per heavy atom. The number of hydrogen-bond donors (Lipinski definition) is 2. The van der Waals surface area contributed by atoms with Crippen LogP contribution in [0.1, 0.15) is 48.2 Å². The number of amides is 1. The fourth-order valence-electron chi connectivity index (χ4n) is 3.12. The second-order valence-corrected chi connectivity index (χ2v) is 6.56. The Morgan fingerprint density at radius 1 is 1.04 bits per heavy atom. The molecule has 2 N–H and O–H groups in total. The number of hydrogen-bond acceptors (Lipinski definition) is 4. The van der Waals surface area contributed by atoms with Crippen LogP contribution in [-0.2, 0) is 6.42 Å². The van der Waals surface area contributed by atoms with Crippen LogP contribution in [0.25, 0.3) is 0 Å². The molecule has 0 saturated heterocycles. The molecule has 0 aliphatic heterocycles. The average Bonchev–Trinajstić information content (AvgIpc) is 2.70. The number of benzene rings is 1. The van der Waals surface area contributed by atoms with Crippen molar-refractivity contribution in [3.05, 3.63) is 65.6 Å². The third-order valence-corrected chi connectivity index (χ3v) is 4.58. The molecule has 0 spiro atoms. The van der Waals surface area contributed by atoms with E-state index >= 15 is 0 Å². The zero-order valence-electron chi connectivity index (χ0n) is 15.1. The first kappa shape index (κ1) is 18.1. The molecule has 0 bridgehead atoms. The van der Waals surface area contributed by atoms with Gasteiger partial charge in [0.2, 0.25) is 0 Å². The molecule has 26 heavy (non-hydrogen) atoms. The third-order valence-electron chi connectivity index (χ3n) is 4.58. The van der Waals surface area contributed by atoms with E-state index < -0.39 is 0 Å². The fourth-order valence-corrected chi connectivity index (χ4v) is 3.12. The molecule has 1 aromatic carbocycles. The zero-order valence-corrected chi connectivity index (χ0v) is 15.1. The minimum absolute atomic E-state index is 0.165. The maximum absolute atomic E-state index is 12.3. The van der Waals surface area contributed by atoms with E-state index in [0.29, 0.717) is 18.1 Å². The molecule has 1 heterocycles. The third kappa shape index (κ3) is 5.69. The van der Waals surface area contributed by atoms with Gasteiger partial charge in [0.25, 0.3) is 5.91 Å². The van der Waals surface area contributed by atoms with Crippen molar-refractivity contribution in [1.29, 1.82) is 0 Å². The van der Waals surface area contributed by atoms with Crippen molar-refractivity contribution in [1.82, 2.24) is 15.3 Å². The highest BCUT2D eigenvalue weighted by Gasteiger charge is 2.09. The number of aromatic nitrogens is 2. The Morgan fingerprint density at radius 3 is 2.73 bits per heavy atom. The van der Waals surface area contributed by atoms with Gasteiger partial charge in [0.05, 0.1) is 0 Å². The van der Waals surface area contributed by atoms with Crippen molar-refractivity contribution >= 4 is 11.7 Å². The predicted molar refractivity (Wildman–Crippen MR) is 104 cm³/mol. The van der Waals surface area contributed by atoms with Crippen molar-refractivity contribution in [2.75, 3.05) is 18.4 Å². The Labute approximate surface area is 155 Å². The van der Waals surface area contributed by atoms with Crippen LogP contribution < -0.4 is 10.6 Å². The number of allylic oxidation sites excluding steroid dienone is 1. The summed E-state index contributed by atoms with van der Waals surface area (Å²) in [6.07, 6.45) is 10.7. The van der Waals surface area contributed by atoms with E-state index in [2.05, 4.69) is 38.8 Å². The van der Waals surface area contributed by atoms with Crippen LogP contribution in [0.2, 0.25) is 0 Å². The molecule has 0 fully saturated rings. The van der Waals surface area contributed by atoms with Crippen molar-refractivity contribution in [3.8, 4) is 0 Å². The molecule has 0 saturated carbocycles. The molecule has 0 atom stereocenters. The minimum atomic E-state index is -0.165. The molecular formula is C21H26N4O. The van der Waals surface area contributed by atoms with Crippen LogP contribution in [0.3, 0.4) is 0 Å². The molecule has 136 valence electrons. The van der Waals surface area contributed by atoms with Gasteiger partial charge in [-0.3, -0.25) is 4.79 Å². The standard InChI is InChI=1S/C21H26N4O/c26-21(23-14-12-18-9-5-2-6-10-18)19-15-20(25-16-24-19)22-13-11-17-7-3-1-4-8-17/h2,5-7,9-10,15-16H,1,3-4,8,11-14H2,(H,23,26)(H,22,24,25). The van der Waals surface area contributed by atoms with Gasteiger partial charge < -0.3 is 10.6 Å². The maximum Gasteiger partial charge on any atom is 0.270 e. The van der Waals surface area contributed by atoms with E-state index in [0.717, 1.165) is 19.4 Å². The number of nitrogens with zero attached hydrogens (tertiary/aromatic N) is 2. The molecule has 1 aliphatic rings. The molecule has 5 nitrogen and oxygen atoms in total. The number of carbonyl (C=O) groups excluding carboxylic acids is 1. The summed E-state index contributed by atoms with van der Waals surface area (Å²) >= 11 is 0. The Bertz CT molecular complexity index is 743. The van der Waals surface area contributed by atoms with Crippen LogP contribution >= 0.6 is 0 Å². The van der Waals surface area contributed by atoms with Crippen LogP contribution in [0.5, 0.6) is 0 Å². The highest BCUT2D eigenvalue weighted by atomic mass is 16.1. The molecule has 2 aromatic rings. The number of nitrogens with one attached hydrogen (secondary N) is 2. The molecule has 0 unspecified atom stereocenters. The Kier molecular flexibility index (Phi) is 6.76. The van der Waals surface area contributed by atoms with Crippen molar-refractivity contribution in [2.45, 2.75) is 38.5 Å². The van der Waals surface area contributed by atoms with E-state index in [1.54, 1.807) is 6.07 Å². The fraction of sp³-hybridized carbons (Fsp3) is 0.381. The van der Waals surface area contributed by atoms with Gasteiger partial charge in [-0.05, 0) is 44.1 Å². The summed E-state index contributed by atoms with van der Waals surface area (Å²) < 4.78 is 0. The lowest BCUT2D eigenvalue weighted by Crippen LogP contribution is -2.26. The van der Waals surface area contributed by atoms with E-state index in [1.165, 1.54) is 43.1 Å². The van der Waals surface area contributed by atoms with Crippen molar-refractivity contribution in [3.63, 3.8) is 0 Å². The summed E-state index contributed by atoms with van der Waals surface area (Å²) in [5.41, 5.74) is 3.12. The predicted octanol–water partition coefficient (Wildman–Crippen LogP) is 3.75. The van der Waals surface area contributed by atoms with Gasteiger partial charge in [-0.15, -0.1) is 0 Å². The number of anilines is 1. The SMILES string of the molecule is O=C(NCCc1ccccc1)c1cc(NCCC2=CCCCC2)ncn1. The Balaban J connectivity index is 1.45. The van der Waals surface area contributed by atoms with Crippen molar-refractivity contribution in [2.24, 2.45) is 0 Å². The van der Waals surface area contributed by atoms with E-state index in [4.69, 9.17) is 0 Å². The summed E-state index contributed by atoms with van der Waals surface area (Å²) in [5, 5.41) is 6.21. The first-order valence-corrected chi connectivity index (χ1v) is 9.37. The van der Waals surface area contributed by atoms with E-state index in [-0.39, 0.29) is 5.91 Å². The van der Waals surface area contributed by atoms with E-state index in [9.17, 15) is 4.79 Å². The first-order valence-electron chi connectivity index (χ1n) is 9.37. The van der Waals surface area contributed by atoms with Crippen molar-refractivity contribution < 1.29 is 4.79 Å². The van der Waals surface area contributed by atoms with Gasteiger partial charge in [-0.25, -0.2) is 9.97 Å². The highest BCUT2D eigenvalue weighted by molar-refractivity contribution is 5.92. The van der Waals surface area contributed by atoms with Crippen LogP contribution in [0.15, 0.2) is 54.4 Å². The normalized spacial score (nSPS) is 13.8. The van der Waals surface area contributed by atoms with Gasteiger partial charge >= 0.3 is 0 Å². The maximum atomic E-state index is 12.3. The van der Waals surface area contributed by atoms with Crippen LogP contribution in [0.4, 0.5) is 5.82 Å². The Hall–Kier alpha value is -2.69. The van der Waals surface area contributed by atoms with Gasteiger partial charge in [-0.1, -0.05) is 42.0 Å². The quantitative estimate of drug-likeness (QED) is 0.712. The van der Waals surface area contributed by atoms with Crippen LogP contribution in [-0.4, -0.2) is 29.0 Å². The lowest BCUT2D eigenvalue weighted by molar-refractivity contribution is 0.0949. The molecule has 5 heteroatoms. The zero-order chi connectivity index (χ0) is 18.0. The largest absolute Gasteiger partial charge is 0.370 e. The molecule has 1 amide bonds. The second-order valence-electron chi connectivity index (χ2n) is 6.56. The smallest absolute Gasteiger partial charge is 0.270 e. The molecule has 3 rings (SSSR count). The summed E-state index contributed by atoms with van der Waals surface area (Å²) in [5.74, 6) is 0.533. The van der Waals surface area contributed by atoms with Gasteiger partial charge in [0.15, 0.2) is 0 Å². The van der Waals surface area contributed by atoms with E-state index in [1.807, 2.05) is 18.2 Å². The lowest BCUT2D eigenvalue weighted by atomic mass is 9.97. The highest BCUT2D eigenvalue weighted by Crippen LogP contribution is 2.19. The monoisotopic (exact) mass is 350 g/mol. The first-order chi connectivity index (χ1) is 12.8. The van der Waals surface area contributed by atoms with Crippen LogP contribution in [0, 0.1) is 0 Å². The summed E-state index contributed by atoms with van der Waals surface area (Å²) in [6.45, 7) is 1.42. The number of rotatable bonds is 8. The van der Waals surface area contributed by atoms with Gasteiger partial charge in [0.1, 0.15) is 17.8 Å². The van der Waals surface area contributed by atoms with Gasteiger partial charge in [0, 0.05) is 19.2 Å². The molecule has 1 aliphatic carbocycles. The summed E-state index contributed by atoms with van der Waals surface area (Å²) in [6, 6.07) is 11.8.